The molecule has 0 aliphatic heterocycles. The van der Waals surface area contributed by atoms with Crippen LogP contribution in [0.3, 0.4) is 0 Å². The van der Waals surface area contributed by atoms with Crippen molar-refractivity contribution in [3.05, 3.63) is 106 Å². The SMILES string of the molecule is O=C(Nc1ccc(C(=O)Cn2c(=O)c3ccccc3n3cncc23)cc1)Nc1ccc(F)c(Cl)c1. The number of carbonyl (C=O) groups excluding carboxylic acids is 2. The Morgan fingerprint density at radius 1 is 0.971 bits per heavy atom. The number of carbonyl (C=O) groups is 2. The van der Waals surface area contributed by atoms with Crippen LogP contribution >= 0.6 is 11.6 Å². The van der Waals surface area contributed by atoms with Crippen molar-refractivity contribution >= 4 is 51.3 Å². The summed E-state index contributed by atoms with van der Waals surface area (Å²) in [5.74, 6) is -0.861. The summed E-state index contributed by atoms with van der Waals surface area (Å²) in [5, 5.41) is 5.55. The van der Waals surface area contributed by atoms with E-state index in [0.717, 1.165) is 6.07 Å². The molecule has 0 saturated carbocycles. The number of urea groups is 1. The lowest BCUT2D eigenvalue weighted by atomic mass is 10.1. The van der Waals surface area contributed by atoms with Crippen molar-refractivity contribution in [3.63, 3.8) is 0 Å². The van der Waals surface area contributed by atoms with Crippen LogP contribution in [-0.4, -0.2) is 25.8 Å². The molecule has 0 aliphatic carbocycles. The average molecular weight is 490 g/mol. The molecule has 0 radical (unpaired) electrons. The van der Waals surface area contributed by atoms with Crippen LogP contribution in [0.1, 0.15) is 10.4 Å². The molecule has 0 bridgehead atoms. The Hall–Kier alpha value is -4.50. The van der Waals surface area contributed by atoms with Crippen LogP contribution in [0.15, 0.2) is 84.0 Å². The molecule has 174 valence electrons. The molecule has 0 spiro atoms. The maximum atomic E-state index is 13.3. The molecule has 5 aromatic rings. The zero-order valence-electron chi connectivity index (χ0n) is 18.0. The first-order chi connectivity index (χ1) is 16.9. The van der Waals surface area contributed by atoms with Crippen LogP contribution < -0.4 is 16.2 Å². The number of Topliss-reactive ketones (excluding diaryl/α,β-unsaturated/α-hetero) is 1. The molecule has 0 unspecified atom stereocenters. The first-order valence-electron chi connectivity index (χ1n) is 10.5. The van der Waals surface area contributed by atoms with Crippen molar-refractivity contribution in [1.82, 2.24) is 14.0 Å². The Morgan fingerprint density at radius 2 is 1.69 bits per heavy atom. The first kappa shape index (κ1) is 22.3. The smallest absolute Gasteiger partial charge is 0.308 e. The molecule has 0 aliphatic rings. The number of anilines is 2. The van der Waals surface area contributed by atoms with E-state index in [1.165, 1.54) is 16.7 Å². The zero-order valence-corrected chi connectivity index (χ0v) is 18.8. The number of benzene rings is 3. The molecule has 2 N–H and O–H groups in total. The number of ketones is 1. The molecular weight excluding hydrogens is 473 g/mol. The van der Waals surface area contributed by atoms with E-state index >= 15 is 0 Å². The van der Waals surface area contributed by atoms with Crippen molar-refractivity contribution in [3.8, 4) is 0 Å². The maximum absolute atomic E-state index is 13.3. The van der Waals surface area contributed by atoms with Gasteiger partial charge in [0.1, 0.15) is 17.8 Å². The highest BCUT2D eigenvalue weighted by atomic mass is 35.5. The van der Waals surface area contributed by atoms with Gasteiger partial charge in [-0.2, -0.15) is 0 Å². The van der Waals surface area contributed by atoms with Gasteiger partial charge in [-0.3, -0.25) is 18.6 Å². The lowest BCUT2D eigenvalue weighted by Gasteiger charge is -2.11. The standard InChI is InChI=1S/C25H17ClFN5O3/c26-19-11-17(9-10-20(19)27)30-25(35)29-16-7-5-15(6-8-16)22(33)13-31-23-12-28-14-32(23)21-4-2-1-3-18(21)24(31)34/h1-12,14H,13H2,(H2,29,30,35). The fraction of sp³-hybridized carbons (Fsp3) is 0.0400. The summed E-state index contributed by atoms with van der Waals surface area (Å²) in [7, 11) is 0. The Balaban J connectivity index is 1.32. The van der Waals surface area contributed by atoms with Gasteiger partial charge >= 0.3 is 6.03 Å². The maximum Gasteiger partial charge on any atom is 0.323 e. The largest absolute Gasteiger partial charge is 0.323 e. The van der Waals surface area contributed by atoms with E-state index in [4.69, 9.17) is 11.6 Å². The predicted octanol–water partition coefficient (Wildman–Crippen LogP) is 4.97. The van der Waals surface area contributed by atoms with Gasteiger partial charge in [0.25, 0.3) is 5.56 Å². The number of fused-ring (bicyclic) bond motifs is 3. The number of amides is 2. The van der Waals surface area contributed by atoms with E-state index in [9.17, 15) is 18.8 Å². The highest BCUT2D eigenvalue weighted by molar-refractivity contribution is 6.31. The van der Waals surface area contributed by atoms with Gasteiger partial charge in [0, 0.05) is 16.9 Å². The number of aromatic nitrogens is 3. The van der Waals surface area contributed by atoms with Crippen molar-refractivity contribution in [2.75, 3.05) is 10.6 Å². The monoisotopic (exact) mass is 489 g/mol. The third-order valence-electron chi connectivity index (χ3n) is 5.48. The Morgan fingerprint density at radius 3 is 2.46 bits per heavy atom. The molecule has 2 heterocycles. The van der Waals surface area contributed by atoms with Gasteiger partial charge in [0.15, 0.2) is 5.78 Å². The number of hydrogen-bond donors (Lipinski definition) is 2. The summed E-state index contributed by atoms with van der Waals surface area (Å²) in [6.45, 7) is -0.169. The van der Waals surface area contributed by atoms with Crippen LogP contribution in [0.4, 0.5) is 20.6 Å². The molecule has 0 fully saturated rings. The normalized spacial score (nSPS) is 11.0. The first-order valence-corrected chi connectivity index (χ1v) is 10.9. The van der Waals surface area contributed by atoms with Gasteiger partial charge in [0.2, 0.25) is 0 Å². The van der Waals surface area contributed by atoms with Crippen LogP contribution in [0, 0.1) is 5.82 Å². The van der Waals surface area contributed by atoms with Gasteiger partial charge < -0.3 is 10.6 Å². The second-order valence-electron chi connectivity index (χ2n) is 7.74. The molecule has 10 heteroatoms. The van der Waals surface area contributed by atoms with Gasteiger partial charge in [-0.05, 0) is 54.6 Å². The highest BCUT2D eigenvalue weighted by Crippen LogP contribution is 2.20. The number of hydrogen-bond acceptors (Lipinski definition) is 4. The molecule has 0 saturated heterocycles. The molecule has 2 amide bonds. The number of nitrogens with one attached hydrogen (secondary N) is 2. The number of rotatable bonds is 5. The summed E-state index contributed by atoms with van der Waals surface area (Å²) in [5.41, 5.74) is 2.08. The molecule has 3 aromatic carbocycles. The number of nitrogens with zero attached hydrogens (tertiary/aromatic N) is 3. The van der Waals surface area contributed by atoms with Gasteiger partial charge in [-0.1, -0.05) is 23.7 Å². The molecular formula is C25H17ClFN5O3. The zero-order chi connectivity index (χ0) is 24.5. The predicted molar refractivity (Wildman–Crippen MR) is 132 cm³/mol. The Labute approximate surface area is 202 Å². The second-order valence-corrected chi connectivity index (χ2v) is 8.15. The van der Waals surface area contributed by atoms with E-state index < -0.39 is 11.8 Å². The van der Waals surface area contributed by atoms with Gasteiger partial charge in [-0.25, -0.2) is 14.2 Å². The lowest BCUT2D eigenvalue weighted by Crippen LogP contribution is -2.26. The van der Waals surface area contributed by atoms with Crippen LogP contribution in [0.2, 0.25) is 5.02 Å². The Bertz CT molecular complexity index is 1660. The third kappa shape index (κ3) is 4.36. The van der Waals surface area contributed by atoms with E-state index in [2.05, 4.69) is 15.6 Å². The fourth-order valence-corrected chi connectivity index (χ4v) is 3.96. The summed E-state index contributed by atoms with van der Waals surface area (Å²) in [6, 6.07) is 16.7. The summed E-state index contributed by atoms with van der Waals surface area (Å²) < 4.78 is 16.4. The summed E-state index contributed by atoms with van der Waals surface area (Å²) in [4.78, 5) is 42.4. The minimum absolute atomic E-state index is 0.107. The van der Waals surface area contributed by atoms with E-state index in [0.29, 0.717) is 33.5 Å². The molecule has 2 aromatic heterocycles. The highest BCUT2D eigenvalue weighted by Gasteiger charge is 2.15. The van der Waals surface area contributed by atoms with Crippen molar-refractivity contribution in [2.24, 2.45) is 0 Å². The molecule has 0 atom stereocenters. The minimum atomic E-state index is -0.585. The van der Waals surface area contributed by atoms with Crippen molar-refractivity contribution in [1.29, 1.82) is 0 Å². The molecule has 5 rings (SSSR count). The van der Waals surface area contributed by atoms with Crippen LogP contribution in [0.25, 0.3) is 16.6 Å². The molecule has 35 heavy (non-hydrogen) atoms. The van der Waals surface area contributed by atoms with Crippen molar-refractivity contribution in [2.45, 2.75) is 6.54 Å². The number of imidazole rings is 1. The summed E-state index contributed by atoms with van der Waals surface area (Å²) in [6.07, 6.45) is 3.14. The second kappa shape index (κ2) is 9.03. The van der Waals surface area contributed by atoms with E-state index in [-0.39, 0.29) is 22.9 Å². The van der Waals surface area contributed by atoms with Crippen LogP contribution in [-0.2, 0) is 6.54 Å². The topological polar surface area (TPSA) is 97.5 Å². The fourth-order valence-electron chi connectivity index (χ4n) is 3.78. The number of halogens is 2. The number of para-hydroxylation sites is 1. The van der Waals surface area contributed by atoms with Gasteiger partial charge in [-0.15, -0.1) is 0 Å². The van der Waals surface area contributed by atoms with E-state index in [1.807, 2.05) is 12.1 Å². The van der Waals surface area contributed by atoms with E-state index in [1.54, 1.807) is 53.3 Å². The summed E-state index contributed by atoms with van der Waals surface area (Å²) >= 11 is 5.72. The van der Waals surface area contributed by atoms with Gasteiger partial charge in [0.05, 0.1) is 28.7 Å². The van der Waals surface area contributed by atoms with Crippen molar-refractivity contribution < 1.29 is 14.0 Å². The average Bonchev–Trinajstić information content (AvgIpc) is 3.34. The minimum Gasteiger partial charge on any atom is -0.308 e. The lowest BCUT2D eigenvalue weighted by molar-refractivity contribution is 0.0972. The Kier molecular flexibility index (Phi) is 5.76. The quantitative estimate of drug-likeness (QED) is 0.341. The molecule has 8 nitrogen and oxygen atoms in total. The third-order valence-corrected chi connectivity index (χ3v) is 5.77. The van der Waals surface area contributed by atoms with Crippen LogP contribution in [0.5, 0.6) is 0 Å².